The van der Waals surface area contributed by atoms with Crippen molar-refractivity contribution < 1.29 is 18.7 Å². The lowest BCUT2D eigenvalue weighted by Gasteiger charge is -2.15. The van der Waals surface area contributed by atoms with E-state index >= 15 is 0 Å². The number of pyridine rings is 1. The van der Waals surface area contributed by atoms with E-state index in [1.54, 1.807) is 13.3 Å². The third kappa shape index (κ3) is 2.65. The SMILES string of the molecule is COC(=O)c1c(N)oc2cc(CN3CCC(OC)C3)cnc12. The zero-order chi connectivity index (χ0) is 15.7. The van der Waals surface area contributed by atoms with Gasteiger partial charge in [-0.1, -0.05) is 0 Å². The molecule has 7 nitrogen and oxygen atoms in total. The van der Waals surface area contributed by atoms with E-state index in [0.29, 0.717) is 17.2 Å². The molecule has 0 amide bonds. The van der Waals surface area contributed by atoms with Gasteiger partial charge in [-0.2, -0.15) is 0 Å². The minimum Gasteiger partial charge on any atom is -0.465 e. The number of methoxy groups -OCH3 is 2. The lowest BCUT2D eigenvalue weighted by Crippen LogP contribution is -2.22. The molecule has 0 saturated carbocycles. The van der Waals surface area contributed by atoms with Crippen LogP contribution in [0.5, 0.6) is 0 Å². The summed E-state index contributed by atoms with van der Waals surface area (Å²) >= 11 is 0. The fourth-order valence-electron chi connectivity index (χ4n) is 2.81. The highest BCUT2D eigenvalue weighted by molar-refractivity contribution is 6.05. The molecule has 1 aliphatic rings. The summed E-state index contributed by atoms with van der Waals surface area (Å²) in [5.74, 6) is -0.508. The van der Waals surface area contributed by atoms with Crippen LogP contribution in [0.25, 0.3) is 11.1 Å². The summed E-state index contributed by atoms with van der Waals surface area (Å²) in [6, 6.07) is 1.87. The Morgan fingerprint density at radius 2 is 2.36 bits per heavy atom. The Morgan fingerprint density at radius 3 is 3.05 bits per heavy atom. The molecule has 3 heterocycles. The van der Waals surface area contributed by atoms with Crippen molar-refractivity contribution in [2.24, 2.45) is 0 Å². The molecule has 7 heteroatoms. The first-order valence-electron chi connectivity index (χ1n) is 7.12. The number of hydrogen-bond donors (Lipinski definition) is 1. The van der Waals surface area contributed by atoms with Gasteiger partial charge in [0.15, 0.2) is 5.58 Å². The van der Waals surface area contributed by atoms with Crippen molar-refractivity contribution in [1.82, 2.24) is 9.88 Å². The summed E-state index contributed by atoms with van der Waals surface area (Å²) in [4.78, 5) is 18.3. The number of hydrogen-bond acceptors (Lipinski definition) is 7. The smallest absolute Gasteiger partial charge is 0.345 e. The first kappa shape index (κ1) is 14.8. The van der Waals surface area contributed by atoms with Crippen LogP contribution in [0.4, 0.5) is 5.88 Å². The average molecular weight is 305 g/mol. The van der Waals surface area contributed by atoms with Crippen LogP contribution in [0.3, 0.4) is 0 Å². The van der Waals surface area contributed by atoms with Gasteiger partial charge in [-0.25, -0.2) is 4.79 Å². The molecule has 1 saturated heterocycles. The molecular weight excluding hydrogens is 286 g/mol. The van der Waals surface area contributed by atoms with Gasteiger partial charge in [0.2, 0.25) is 5.88 Å². The highest BCUT2D eigenvalue weighted by Gasteiger charge is 2.24. The third-order valence-corrected chi connectivity index (χ3v) is 3.97. The average Bonchev–Trinajstić information content (AvgIpc) is 3.09. The number of furan rings is 1. The van der Waals surface area contributed by atoms with E-state index in [9.17, 15) is 4.79 Å². The van der Waals surface area contributed by atoms with Gasteiger partial charge in [0, 0.05) is 32.9 Å². The van der Waals surface area contributed by atoms with Crippen molar-refractivity contribution >= 4 is 23.0 Å². The Labute approximate surface area is 128 Å². The van der Waals surface area contributed by atoms with Gasteiger partial charge in [0.25, 0.3) is 0 Å². The van der Waals surface area contributed by atoms with Crippen molar-refractivity contribution in [3.63, 3.8) is 0 Å². The second-order valence-electron chi connectivity index (χ2n) is 5.40. The number of ether oxygens (including phenoxy) is 2. The van der Waals surface area contributed by atoms with Gasteiger partial charge in [-0.05, 0) is 18.1 Å². The van der Waals surface area contributed by atoms with Gasteiger partial charge < -0.3 is 19.6 Å². The largest absolute Gasteiger partial charge is 0.465 e. The van der Waals surface area contributed by atoms with Crippen molar-refractivity contribution in [1.29, 1.82) is 0 Å². The minimum atomic E-state index is -0.543. The van der Waals surface area contributed by atoms with Crippen molar-refractivity contribution in [3.8, 4) is 0 Å². The number of nitrogens with zero attached hydrogens (tertiary/aromatic N) is 2. The summed E-state index contributed by atoms with van der Waals surface area (Å²) in [5.41, 5.74) is 7.87. The monoisotopic (exact) mass is 305 g/mol. The number of fused-ring (bicyclic) bond motifs is 1. The maximum Gasteiger partial charge on any atom is 0.345 e. The van der Waals surface area contributed by atoms with E-state index in [0.717, 1.165) is 31.6 Å². The molecule has 22 heavy (non-hydrogen) atoms. The standard InChI is InChI=1S/C15H19N3O4/c1-20-10-3-4-18(8-10)7-9-5-11-13(17-6-9)12(14(16)22-11)15(19)21-2/h5-6,10H,3-4,7-8,16H2,1-2H3. The normalized spacial score (nSPS) is 18.9. The number of esters is 1. The van der Waals surface area contributed by atoms with Crippen LogP contribution >= 0.6 is 0 Å². The fraction of sp³-hybridized carbons (Fsp3) is 0.467. The molecule has 118 valence electrons. The number of rotatable bonds is 4. The summed E-state index contributed by atoms with van der Waals surface area (Å²) in [5, 5.41) is 0. The predicted molar refractivity (Wildman–Crippen MR) is 80.5 cm³/mol. The van der Waals surface area contributed by atoms with Crippen LogP contribution in [0.15, 0.2) is 16.7 Å². The molecular formula is C15H19N3O4. The van der Waals surface area contributed by atoms with E-state index in [2.05, 4.69) is 9.88 Å². The molecule has 2 N–H and O–H groups in total. The van der Waals surface area contributed by atoms with E-state index in [4.69, 9.17) is 19.6 Å². The molecule has 1 unspecified atom stereocenters. The second kappa shape index (κ2) is 5.94. The first-order valence-corrected chi connectivity index (χ1v) is 7.12. The Bertz CT molecular complexity index is 697. The molecule has 0 aromatic carbocycles. The molecule has 0 radical (unpaired) electrons. The lowest BCUT2D eigenvalue weighted by molar-refractivity contribution is 0.0603. The number of nitrogen functional groups attached to an aromatic ring is 1. The highest BCUT2D eigenvalue weighted by atomic mass is 16.5. The van der Waals surface area contributed by atoms with Crippen LogP contribution in [0.2, 0.25) is 0 Å². The molecule has 1 atom stereocenters. The van der Waals surface area contributed by atoms with E-state index in [1.807, 2.05) is 6.07 Å². The molecule has 2 aromatic rings. The highest BCUT2D eigenvalue weighted by Crippen LogP contribution is 2.28. The summed E-state index contributed by atoms with van der Waals surface area (Å²) < 4.78 is 15.5. The first-order chi connectivity index (χ1) is 10.6. The molecule has 1 aliphatic heterocycles. The topological polar surface area (TPSA) is 90.8 Å². The number of likely N-dealkylation sites (tertiary alicyclic amines) is 1. The number of nitrogens with two attached hydrogens (primary N) is 1. The molecule has 2 aromatic heterocycles. The maximum absolute atomic E-state index is 11.7. The van der Waals surface area contributed by atoms with Gasteiger partial charge in [-0.3, -0.25) is 9.88 Å². The third-order valence-electron chi connectivity index (χ3n) is 3.97. The number of carbonyl (C=O) groups excluding carboxylic acids is 1. The molecule has 0 bridgehead atoms. The van der Waals surface area contributed by atoms with Gasteiger partial charge in [-0.15, -0.1) is 0 Å². The van der Waals surface area contributed by atoms with Gasteiger partial charge >= 0.3 is 5.97 Å². The second-order valence-corrected chi connectivity index (χ2v) is 5.40. The molecule has 3 rings (SSSR count). The Hall–Kier alpha value is -2.12. The van der Waals surface area contributed by atoms with Crippen molar-refractivity contribution in [2.45, 2.75) is 19.1 Å². The Balaban J connectivity index is 1.83. The number of anilines is 1. The predicted octanol–water partition coefficient (Wildman–Crippen LogP) is 1.42. The maximum atomic E-state index is 11.7. The van der Waals surface area contributed by atoms with Crippen LogP contribution in [-0.4, -0.2) is 49.3 Å². The molecule has 0 aliphatic carbocycles. The quantitative estimate of drug-likeness (QED) is 0.854. The minimum absolute atomic E-state index is 0.0344. The van der Waals surface area contributed by atoms with Crippen molar-refractivity contribution in [2.75, 3.05) is 33.0 Å². The van der Waals surface area contributed by atoms with Crippen LogP contribution in [-0.2, 0) is 16.0 Å². The zero-order valence-electron chi connectivity index (χ0n) is 12.7. The zero-order valence-corrected chi connectivity index (χ0v) is 12.7. The Morgan fingerprint density at radius 1 is 1.55 bits per heavy atom. The molecule has 1 fully saturated rings. The van der Waals surface area contributed by atoms with E-state index in [1.165, 1.54) is 7.11 Å². The van der Waals surface area contributed by atoms with Crippen molar-refractivity contribution in [3.05, 3.63) is 23.4 Å². The summed E-state index contributed by atoms with van der Waals surface area (Å²) in [6.07, 6.45) is 3.07. The van der Waals surface area contributed by atoms with Crippen LogP contribution in [0.1, 0.15) is 22.3 Å². The number of aromatic nitrogens is 1. The molecule has 0 spiro atoms. The number of carbonyl (C=O) groups is 1. The van der Waals surface area contributed by atoms with Crippen LogP contribution < -0.4 is 5.73 Å². The van der Waals surface area contributed by atoms with E-state index < -0.39 is 5.97 Å². The lowest BCUT2D eigenvalue weighted by atomic mass is 10.2. The Kier molecular flexibility index (Phi) is 4.00. The fourth-order valence-corrected chi connectivity index (χ4v) is 2.81. The van der Waals surface area contributed by atoms with Gasteiger partial charge in [0.1, 0.15) is 11.1 Å². The van der Waals surface area contributed by atoms with E-state index in [-0.39, 0.29) is 11.4 Å². The van der Waals surface area contributed by atoms with Gasteiger partial charge in [0.05, 0.1) is 13.2 Å². The van der Waals surface area contributed by atoms with Crippen LogP contribution in [0, 0.1) is 0 Å². The summed E-state index contributed by atoms with van der Waals surface area (Å²) in [7, 11) is 3.04. The summed E-state index contributed by atoms with van der Waals surface area (Å²) in [6.45, 7) is 2.66.